The van der Waals surface area contributed by atoms with E-state index in [0.29, 0.717) is 5.92 Å². The first kappa shape index (κ1) is 13.1. The van der Waals surface area contributed by atoms with Crippen LogP contribution in [0.2, 0.25) is 0 Å². The fraction of sp³-hybridized carbons (Fsp3) is 0.800. The Morgan fingerprint density at radius 2 is 2.05 bits per heavy atom. The van der Waals surface area contributed by atoms with Gasteiger partial charge in [0.25, 0.3) is 0 Å². The van der Waals surface area contributed by atoms with Crippen molar-refractivity contribution < 1.29 is 0 Å². The second-order valence-corrected chi connectivity index (χ2v) is 6.44. The van der Waals surface area contributed by atoms with Crippen molar-refractivity contribution in [1.82, 2.24) is 15.2 Å². The molecule has 0 aromatic carbocycles. The maximum atomic E-state index is 5.81. The highest BCUT2D eigenvalue weighted by Crippen LogP contribution is 2.45. The molecule has 3 N–H and O–H groups in total. The summed E-state index contributed by atoms with van der Waals surface area (Å²) in [6.45, 7) is 0. The van der Waals surface area contributed by atoms with Gasteiger partial charge in [-0.25, -0.2) is 0 Å². The van der Waals surface area contributed by atoms with Crippen molar-refractivity contribution in [3.63, 3.8) is 0 Å². The molecular weight excluding hydrogens is 236 g/mol. The molecule has 4 nitrogen and oxygen atoms in total. The second-order valence-electron chi connectivity index (χ2n) is 6.44. The van der Waals surface area contributed by atoms with Crippen LogP contribution in [0.25, 0.3) is 0 Å². The summed E-state index contributed by atoms with van der Waals surface area (Å²) in [6, 6.07) is 2.32. The third kappa shape index (κ3) is 2.70. The Hall–Kier alpha value is -0.870. The van der Waals surface area contributed by atoms with Crippen LogP contribution in [-0.2, 0) is 7.05 Å². The monoisotopic (exact) mass is 262 g/mol. The van der Waals surface area contributed by atoms with Crippen LogP contribution in [0.1, 0.15) is 56.7 Å². The molecule has 4 unspecified atom stereocenters. The quantitative estimate of drug-likeness (QED) is 0.650. The van der Waals surface area contributed by atoms with E-state index in [4.69, 9.17) is 5.84 Å². The van der Waals surface area contributed by atoms with Gasteiger partial charge in [-0.15, -0.1) is 0 Å². The van der Waals surface area contributed by atoms with E-state index in [2.05, 4.69) is 16.6 Å². The first-order valence-corrected chi connectivity index (χ1v) is 7.73. The minimum Gasteiger partial charge on any atom is -0.275 e. The smallest absolute Gasteiger partial charge is 0.0810 e. The van der Waals surface area contributed by atoms with Crippen LogP contribution in [0.5, 0.6) is 0 Å². The molecule has 2 saturated carbocycles. The van der Waals surface area contributed by atoms with E-state index in [1.54, 1.807) is 0 Å². The van der Waals surface area contributed by atoms with Gasteiger partial charge in [0.15, 0.2) is 0 Å². The molecule has 3 rings (SSSR count). The van der Waals surface area contributed by atoms with Crippen molar-refractivity contribution in [3.05, 3.63) is 18.0 Å². The van der Waals surface area contributed by atoms with Gasteiger partial charge in [-0.05, 0) is 43.1 Å². The molecule has 1 aromatic rings. The highest BCUT2D eigenvalue weighted by atomic mass is 15.3. The van der Waals surface area contributed by atoms with E-state index in [0.717, 1.165) is 17.5 Å². The molecule has 0 radical (unpaired) electrons. The fourth-order valence-electron chi connectivity index (χ4n) is 4.27. The lowest BCUT2D eigenvalue weighted by Crippen LogP contribution is -2.38. The molecule has 0 bridgehead atoms. The molecule has 0 aliphatic heterocycles. The van der Waals surface area contributed by atoms with Crippen LogP contribution in [-0.4, -0.2) is 9.78 Å². The summed E-state index contributed by atoms with van der Waals surface area (Å²) in [4.78, 5) is 0. The van der Waals surface area contributed by atoms with Crippen LogP contribution in [0, 0.1) is 17.8 Å². The van der Waals surface area contributed by atoms with Crippen LogP contribution in [0.15, 0.2) is 12.3 Å². The lowest BCUT2D eigenvalue weighted by Gasteiger charge is -2.41. The number of aryl methyl sites for hydroxylation is 1. The van der Waals surface area contributed by atoms with Crippen LogP contribution >= 0.6 is 0 Å². The lowest BCUT2D eigenvalue weighted by molar-refractivity contribution is 0.108. The largest absolute Gasteiger partial charge is 0.275 e. The van der Waals surface area contributed by atoms with Gasteiger partial charge in [-0.3, -0.25) is 16.0 Å². The number of hydrazine groups is 1. The van der Waals surface area contributed by atoms with Crippen LogP contribution in [0.4, 0.5) is 0 Å². The van der Waals surface area contributed by atoms with Gasteiger partial charge in [-0.2, -0.15) is 5.10 Å². The average molecular weight is 262 g/mol. The maximum Gasteiger partial charge on any atom is 0.0810 e. The topological polar surface area (TPSA) is 55.9 Å². The van der Waals surface area contributed by atoms with Crippen LogP contribution in [0.3, 0.4) is 0 Å². The van der Waals surface area contributed by atoms with Gasteiger partial charge in [0.2, 0.25) is 0 Å². The standard InChI is InChI=1S/C15H26N4/c1-19-9-8-14(18-19)15(17-16)13-7-6-11-4-2-3-5-12(11)10-13/h8-9,11-13,15,17H,2-7,10,16H2,1H3. The fourth-order valence-corrected chi connectivity index (χ4v) is 4.27. The van der Waals surface area contributed by atoms with E-state index in [1.807, 2.05) is 17.9 Å². The number of hydrogen-bond donors (Lipinski definition) is 2. The molecule has 2 fully saturated rings. The molecule has 0 spiro atoms. The van der Waals surface area contributed by atoms with E-state index in [-0.39, 0.29) is 6.04 Å². The van der Waals surface area contributed by atoms with Crippen molar-refractivity contribution in [1.29, 1.82) is 0 Å². The van der Waals surface area contributed by atoms with Crippen molar-refractivity contribution >= 4 is 0 Å². The molecule has 1 heterocycles. The van der Waals surface area contributed by atoms with E-state index >= 15 is 0 Å². The van der Waals surface area contributed by atoms with E-state index in [9.17, 15) is 0 Å². The average Bonchev–Trinajstić information content (AvgIpc) is 2.86. The zero-order chi connectivity index (χ0) is 13.2. The SMILES string of the molecule is Cn1ccc(C(NN)C2CCC3CCCCC3C2)n1. The zero-order valence-corrected chi connectivity index (χ0v) is 11.9. The predicted molar refractivity (Wildman–Crippen MR) is 76.1 cm³/mol. The Labute approximate surface area is 115 Å². The molecule has 0 amide bonds. The first-order chi connectivity index (χ1) is 9.28. The Morgan fingerprint density at radius 3 is 2.74 bits per heavy atom. The normalized spacial score (nSPS) is 32.8. The van der Waals surface area contributed by atoms with Gasteiger partial charge >= 0.3 is 0 Å². The Balaban J connectivity index is 1.70. The number of fused-ring (bicyclic) bond motifs is 1. The van der Waals surface area contributed by atoms with Gasteiger partial charge < -0.3 is 0 Å². The number of nitrogens with two attached hydrogens (primary N) is 1. The molecule has 2 aliphatic carbocycles. The highest BCUT2D eigenvalue weighted by Gasteiger charge is 2.36. The van der Waals surface area contributed by atoms with Crippen molar-refractivity contribution in [2.45, 2.75) is 51.0 Å². The summed E-state index contributed by atoms with van der Waals surface area (Å²) in [7, 11) is 1.97. The van der Waals surface area contributed by atoms with Crippen molar-refractivity contribution in [2.75, 3.05) is 0 Å². The third-order valence-electron chi connectivity index (χ3n) is 5.28. The van der Waals surface area contributed by atoms with Crippen LogP contribution < -0.4 is 11.3 Å². The Kier molecular flexibility index (Phi) is 3.89. The first-order valence-electron chi connectivity index (χ1n) is 7.73. The molecule has 0 saturated heterocycles. The molecular formula is C15H26N4. The maximum absolute atomic E-state index is 5.81. The zero-order valence-electron chi connectivity index (χ0n) is 11.9. The number of aromatic nitrogens is 2. The Bertz CT molecular complexity index is 414. The summed E-state index contributed by atoms with van der Waals surface area (Å²) >= 11 is 0. The van der Waals surface area contributed by atoms with E-state index in [1.165, 1.54) is 44.9 Å². The van der Waals surface area contributed by atoms with Gasteiger partial charge in [-0.1, -0.05) is 25.7 Å². The number of hydrogen-bond acceptors (Lipinski definition) is 3. The van der Waals surface area contributed by atoms with Crippen molar-refractivity contribution in [2.24, 2.45) is 30.6 Å². The summed E-state index contributed by atoms with van der Waals surface area (Å²) in [5, 5.41) is 4.54. The van der Waals surface area contributed by atoms with Crippen molar-refractivity contribution in [3.8, 4) is 0 Å². The number of nitrogens with one attached hydrogen (secondary N) is 1. The molecule has 1 aromatic heterocycles. The third-order valence-corrected chi connectivity index (χ3v) is 5.28. The van der Waals surface area contributed by atoms with Gasteiger partial charge in [0.05, 0.1) is 11.7 Å². The molecule has 2 aliphatic rings. The minimum absolute atomic E-state index is 0.226. The Morgan fingerprint density at radius 1 is 1.26 bits per heavy atom. The number of nitrogens with zero attached hydrogens (tertiary/aromatic N) is 2. The second kappa shape index (κ2) is 5.63. The molecule has 106 valence electrons. The summed E-state index contributed by atoms with van der Waals surface area (Å²) in [5.41, 5.74) is 4.12. The minimum atomic E-state index is 0.226. The predicted octanol–water partition coefficient (Wildman–Crippen LogP) is 2.53. The summed E-state index contributed by atoms with van der Waals surface area (Å²) < 4.78 is 1.87. The summed E-state index contributed by atoms with van der Waals surface area (Å²) in [5.74, 6) is 8.40. The lowest BCUT2D eigenvalue weighted by atomic mass is 9.66. The number of rotatable bonds is 3. The summed E-state index contributed by atoms with van der Waals surface area (Å²) in [6.07, 6.45) is 11.8. The van der Waals surface area contributed by atoms with Gasteiger partial charge in [0.1, 0.15) is 0 Å². The molecule has 19 heavy (non-hydrogen) atoms. The molecule has 4 heteroatoms. The highest BCUT2D eigenvalue weighted by molar-refractivity contribution is 5.07. The van der Waals surface area contributed by atoms with Gasteiger partial charge in [0, 0.05) is 13.2 Å². The van der Waals surface area contributed by atoms with E-state index < -0.39 is 0 Å². The molecule has 4 atom stereocenters.